The number of hydrogen-bond acceptors (Lipinski definition) is 3. The maximum Gasteiger partial charge on any atom is 0.137 e. The maximum atomic E-state index is 5.59. The Kier molecular flexibility index (Phi) is 1.48. The summed E-state index contributed by atoms with van der Waals surface area (Å²) in [7, 11) is 0. The highest BCUT2D eigenvalue weighted by molar-refractivity contribution is 5.48. The Morgan fingerprint density at radius 1 is 1.33 bits per heavy atom. The first-order valence-corrected chi connectivity index (χ1v) is 3.73. The van der Waals surface area contributed by atoms with E-state index in [4.69, 9.17) is 11.5 Å². The number of rotatable bonds is 1. The fraction of sp³-hybridized carbons (Fsp3) is 0.125. The van der Waals surface area contributed by atoms with Gasteiger partial charge in [-0.3, -0.25) is 0 Å². The van der Waals surface area contributed by atoms with E-state index in [1.807, 2.05) is 28.9 Å². The summed E-state index contributed by atoms with van der Waals surface area (Å²) in [5.41, 5.74) is 13.5. The van der Waals surface area contributed by atoms with Crippen LogP contribution in [0.2, 0.25) is 0 Å². The summed E-state index contributed by atoms with van der Waals surface area (Å²) in [6.07, 6.45) is 3.70. The average molecular weight is 162 g/mol. The van der Waals surface area contributed by atoms with Gasteiger partial charge in [0, 0.05) is 24.6 Å². The van der Waals surface area contributed by atoms with E-state index in [0.717, 1.165) is 17.0 Å². The molecule has 4 nitrogen and oxygen atoms in total. The van der Waals surface area contributed by atoms with Crippen molar-refractivity contribution < 1.29 is 0 Å². The van der Waals surface area contributed by atoms with Gasteiger partial charge in [0.15, 0.2) is 0 Å². The lowest BCUT2D eigenvalue weighted by Crippen LogP contribution is -1.95. The van der Waals surface area contributed by atoms with Gasteiger partial charge in [-0.2, -0.15) is 0 Å². The number of nitrogens with zero attached hydrogens (tertiary/aromatic N) is 2. The third-order valence-electron chi connectivity index (χ3n) is 1.73. The molecule has 0 saturated heterocycles. The number of fused-ring (bicyclic) bond motifs is 1. The topological polar surface area (TPSA) is 69.3 Å². The second-order valence-electron chi connectivity index (χ2n) is 2.66. The van der Waals surface area contributed by atoms with Crippen molar-refractivity contribution in [3.05, 3.63) is 30.2 Å². The lowest BCUT2D eigenvalue weighted by molar-refractivity contribution is 1.02. The summed E-state index contributed by atoms with van der Waals surface area (Å²) in [5, 5.41) is 0. The molecule has 12 heavy (non-hydrogen) atoms. The molecule has 4 heteroatoms. The zero-order chi connectivity index (χ0) is 8.55. The van der Waals surface area contributed by atoms with Crippen molar-refractivity contribution in [3.63, 3.8) is 0 Å². The standard InChI is InChI=1S/C8H10N4/c9-3-7-5-12-4-6(10)1-2-8(12)11-7/h1-2,4-5H,3,9-10H2. The molecule has 0 aromatic carbocycles. The molecular weight excluding hydrogens is 152 g/mol. The molecule has 2 rings (SSSR count). The van der Waals surface area contributed by atoms with E-state index in [0.29, 0.717) is 6.54 Å². The number of hydrogen-bond donors (Lipinski definition) is 2. The third kappa shape index (κ3) is 1.02. The molecule has 0 unspecified atom stereocenters. The van der Waals surface area contributed by atoms with E-state index in [1.165, 1.54) is 0 Å². The molecule has 62 valence electrons. The summed E-state index contributed by atoms with van der Waals surface area (Å²) in [4.78, 5) is 4.25. The van der Waals surface area contributed by atoms with Crippen LogP contribution in [0.1, 0.15) is 5.69 Å². The second kappa shape index (κ2) is 2.49. The zero-order valence-corrected chi connectivity index (χ0v) is 6.57. The smallest absolute Gasteiger partial charge is 0.137 e. The van der Waals surface area contributed by atoms with E-state index in [2.05, 4.69) is 4.98 Å². The van der Waals surface area contributed by atoms with Crippen LogP contribution in [0.4, 0.5) is 5.69 Å². The Bertz CT molecular complexity index is 404. The highest BCUT2D eigenvalue weighted by atomic mass is 15.0. The van der Waals surface area contributed by atoms with Crippen LogP contribution in [0.5, 0.6) is 0 Å². The minimum atomic E-state index is 0.460. The summed E-state index contributed by atoms with van der Waals surface area (Å²) in [6, 6.07) is 3.69. The molecule has 0 bridgehead atoms. The number of nitrogens with two attached hydrogens (primary N) is 2. The average Bonchev–Trinajstić information content (AvgIpc) is 2.46. The van der Waals surface area contributed by atoms with Gasteiger partial charge in [-0.15, -0.1) is 0 Å². The SMILES string of the molecule is NCc1cn2cc(N)ccc2n1. The second-order valence-corrected chi connectivity index (χ2v) is 2.66. The Morgan fingerprint density at radius 3 is 2.92 bits per heavy atom. The molecule has 0 saturated carbocycles. The first kappa shape index (κ1) is 7.12. The predicted octanol–water partition coefficient (Wildman–Crippen LogP) is 0.375. The fourth-order valence-electron chi connectivity index (χ4n) is 1.16. The lowest BCUT2D eigenvalue weighted by atomic mass is 10.4. The van der Waals surface area contributed by atoms with E-state index in [-0.39, 0.29) is 0 Å². The molecule has 0 atom stereocenters. The summed E-state index contributed by atoms with van der Waals surface area (Å²) < 4.78 is 1.87. The highest BCUT2D eigenvalue weighted by Crippen LogP contribution is 2.07. The molecule has 2 aromatic rings. The van der Waals surface area contributed by atoms with Gasteiger partial charge in [0.05, 0.1) is 5.69 Å². The van der Waals surface area contributed by atoms with Crippen molar-refractivity contribution >= 4 is 11.3 Å². The van der Waals surface area contributed by atoms with Crippen LogP contribution in [-0.2, 0) is 6.54 Å². The molecule has 0 aliphatic carbocycles. The number of anilines is 1. The first-order chi connectivity index (χ1) is 5.79. The number of imidazole rings is 1. The molecule has 0 amide bonds. The summed E-state index contributed by atoms with van der Waals surface area (Å²) in [5.74, 6) is 0. The molecule has 0 aliphatic heterocycles. The van der Waals surface area contributed by atoms with Gasteiger partial charge >= 0.3 is 0 Å². The fourth-order valence-corrected chi connectivity index (χ4v) is 1.16. The molecule has 2 aromatic heterocycles. The van der Waals surface area contributed by atoms with Crippen LogP contribution < -0.4 is 11.5 Å². The van der Waals surface area contributed by atoms with Crippen LogP contribution in [0.3, 0.4) is 0 Å². The van der Waals surface area contributed by atoms with E-state index in [9.17, 15) is 0 Å². The Morgan fingerprint density at radius 2 is 2.17 bits per heavy atom. The van der Waals surface area contributed by atoms with Crippen LogP contribution in [0.15, 0.2) is 24.5 Å². The predicted molar refractivity (Wildman–Crippen MR) is 47.5 cm³/mol. The van der Waals surface area contributed by atoms with Crippen molar-refractivity contribution in [2.24, 2.45) is 5.73 Å². The molecule has 2 heterocycles. The number of aromatic nitrogens is 2. The van der Waals surface area contributed by atoms with Gasteiger partial charge in [0.2, 0.25) is 0 Å². The van der Waals surface area contributed by atoms with Gasteiger partial charge in [-0.05, 0) is 12.1 Å². The highest BCUT2D eigenvalue weighted by Gasteiger charge is 1.98. The third-order valence-corrected chi connectivity index (χ3v) is 1.73. The minimum absolute atomic E-state index is 0.460. The van der Waals surface area contributed by atoms with Gasteiger partial charge in [0.25, 0.3) is 0 Å². The molecule has 0 aliphatic rings. The molecule has 0 fully saturated rings. The normalized spacial score (nSPS) is 10.8. The van der Waals surface area contributed by atoms with Gasteiger partial charge in [-0.25, -0.2) is 4.98 Å². The van der Waals surface area contributed by atoms with Gasteiger partial charge < -0.3 is 15.9 Å². The van der Waals surface area contributed by atoms with E-state index >= 15 is 0 Å². The minimum Gasteiger partial charge on any atom is -0.398 e. The van der Waals surface area contributed by atoms with Crippen molar-refractivity contribution in [2.75, 3.05) is 5.73 Å². The van der Waals surface area contributed by atoms with E-state index in [1.54, 1.807) is 0 Å². The van der Waals surface area contributed by atoms with Crippen LogP contribution in [-0.4, -0.2) is 9.38 Å². The monoisotopic (exact) mass is 162 g/mol. The van der Waals surface area contributed by atoms with Crippen molar-refractivity contribution in [3.8, 4) is 0 Å². The molecular formula is C8H10N4. The quantitative estimate of drug-likeness (QED) is 0.636. The summed E-state index contributed by atoms with van der Waals surface area (Å²) >= 11 is 0. The Labute approximate surface area is 69.8 Å². The summed E-state index contributed by atoms with van der Waals surface area (Å²) in [6.45, 7) is 0.460. The Balaban J connectivity index is 2.67. The van der Waals surface area contributed by atoms with Crippen molar-refractivity contribution in [2.45, 2.75) is 6.54 Å². The molecule has 4 N–H and O–H groups in total. The van der Waals surface area contributed by atoms with Crippen molar-refractivity contribution in [1.29, 1.82) is 0 Å². The Hall–Kier alpha value is -1.55. The first-order valence-electron chi connectivity index (χ1n) is 3.73. The van der Waals surface area contributed by atoms with Crippen LogP contribution >= 0.6 is 0 Å². The van der Waals surface area contributed by atoms with Gasteiger partial charge in [-0.1, -0.05) is 0 Å². The molecule has 0 spiro atoms. The maximum absolute atomic E-state index is 5.59. The largest absolute Gasteiger partial charge is 0.398 e. The number of nitrogen functional groups attached to an aromatic ring is 1. The lowest BCUT2D eigenvalue weighted by Gasteiger charge is -1.93. The van der Waals surface area contributed by atoms with Crippen LogP contribution in [0.25, 0.3) is 5.65 Å². The van der Waals surface area contributed by atoms with E-state index < -0.39 is 0 Å². The van der Waals surface area contributed by atoms with Gasteiger partial charge in [0.1, 0.15) is 5.65 Å². The number of pyridine rings is 1. The zero-order valence-electron chi connectivity index (χ0n) is 6.57. The van der Waals surface area contributed by atoms with Crippen molar-refractivity contribution in [1.82, 2.24) is 9.38 Å². The van der Waals surface area contributed by atoms with Crippen LogP contribution in [0, 0.1) is 0 Å². The molecule has 0 radical (unpaired) electrons.